The number of nitro benzene ring substituents is 1. The van der Waals surface area contributed by atoms with Crippen LogP contribution >= 0.6 is 0 Å². The number of hydrogen-bond donors (Lipinski definition) is 1. The SMILES string of the molecule is CC1(C)CC(=O)C2=C(C1)Nc1ccc3ncccc3c1C2c1ccc([N+](=O)[O-])cc1. The molecule has 1 aromatic heterocycles. The maximum absolute atomic E-state index is 13.3. The molecule has 0 fully saturated rings. The molecular weight excluding hydrogens is 378 g/mol. The van der Waals surface area contributed by atoms with Gasteiger partial charge in [0.25, 0.3) is 5.69 Å². The zero-order chi connectivity index (χ0) is 21.0. The average Bonchev–Trinajstić information content (AvgIpc) is 2.71. The normalized spacial score (nSPS) is 19.8. The van der Waals surface area contributed by atoms with Crippen molar-refractivity contribution >= 4 is 28.1 Å². The van der Waals surface area contributed by atoms with Crippen molar-refractivity contribution in [2.75, 3.05) is 5.32 Å². The van der Waals surface area contributed by atoms with Crippen LogP contribution in [0.3, 0.4) is 0 Å². The van der Waals surface area contributed by atoms with Crippen molar-refractivity contribution in [2.45, 2.75) is 32.6 Å². The lowest BCUT2D eigenvalue weighted by Gasteiger charge is -2.39. The molecule has 0 saturated heterocycles. The number of allylic oxidation sites excluding steroid dienone is 2. The summed E-state index contributed by atoms with van der Waals surface area (Å²) in [5.74, 6) is -0.155. The highest BCUT2D eigenvalue weighted by Crippen LogP contribution is 2.50. The van der Waals surface area contributed by atoms with E-state index in [4.69, 9.17) is 0 Å². The van der Waals surface area contributed by atoms with E-state index in [0.717, 1.165) is 45.4 Å². The number of pyridine rings is 1. The van der Waals surface area contributed by atoms with Gasteiger partial charge in [0.1, 0.15) is 0 Å². The Kier molecular flexibility index (Phi) is 4.00. The Morgan fingerprint density at radius 3 is 2.60 bits per heavy atom. The largest absolute Gasteiger partial charge is 0.358 e. The molecule has 1 unspecified atom stereocenters. The van der Waals surface area contributed by atoms with Crippen molar-refractivity contribution in [3.05, 3.63) is 87.2 Å². The third kappa shape index (κ3) is 2.87. The predicted octanol–water partition coefficient (Wildman–Crippen LogP) is 5.34. The van der Waals surface area contributed by atoms with Crippen LogP contribution in [-0.4, -0.2) is 15.7 Å². The van der Waals surface area contributed by atoms with Gasteiger partial charge < -0.3 is 5.32 Å². The average molecular weight is 399 g/mol. The number of carbonyl (C=O) groups excluding carboxylic acids is 1. The van der Waals surface area contributed by atoms with Crippen LogP contribution in [0.4, 0.5) is 11.4 Å². The fourth-order valence-electron chi connectivity index (χ4n) is 4.81. The molecule has 150 valence electrons. The van der Waals surface area contributed by atoms with Gasteiger partial charge in [0.15, 0.2) is 5.78 Å². The van der Waals surface area contributed by atoms with Gasteiger partial charge in [-0.1, -0.05) is 32.0 Å². The molecule has 6 nitrogen and oxygen atoms in total. The number of carbonyl (C=O) groups is 1. The Bertz CT molecular complexity index is 1240. The Balaban J connectivity index is 1.78. The highest BCUT2D eigenvalue weighted by atomic mass is 16.6. The molecule has 0 amide bonds. The first-order chi connectivity index (χ1) is 14.3. The summed E-state index contributed by atoms with van der Waals surface area (Å²) in [6.07, 6.45) is 3.02. The quantitative estimate of drug-likeness (QED) is 0.464. The summed E-state index contributed by atoms with van der Waals surface area (Å²) >= 11 is 0. The molecule has 5 rings (SSSR count). The van der Waals surface area contributed by atoms with E-state index in [2.05, 4.69) is 24.1 Å². The van der Waals surface area contributed by atoms with Crippen LogP contribution in [0.5, 0.6) is 0 Å². The maximum atomic E-state index is 13.3. The molecule has 30 heavy (non-hydrogen) atoms. The molecule has 0 spiro atoms. The van der Waals surface area contributed by atoms with Crippen LogP contribution in [0.2, 0.25) is 0 Å². The van der Waals surface area contributed by atoms with Crippen LogP contribution in [0.1, 0.15) is 43.7 Å². The minimum Gasteiger partial charge on any atom is -0.358 e. The highest BCUT2D eigenvalue weighted by molar-refractivity contribution is 6.04. The molecule has 0 bridgehead atoms. The lowest BCUT2D eigenvalue weighted by molar-refractivity contribution is -0.384. The van der Waals surface area contributed by atoms with Gasteiger partial charge in [0.05, 0.1) is 10.4 Å². The van der Waals surface area contributed by atoms with Gasteiger partial charge in [-0.25, -0.2) is 0 Å². The number of aromatic nitrogens is 1. The number of non-ortho nitro benzene ring substituents is 1. The van der Waals surface area contributed by atoms with Crippen molar-refractivity contribution < 1.29 is 9.72 Å². The summed E-state index contributed by atoms with van der Waals surface area (Å²) in [7, 11) is 0. The van der Waals surface area contributed by atoms with Crippen molar-refractivity contribution in [1.29, 1.82) is 0 Å². The smallest absolute Gasteiger partial charge is 0.269 e. The van der Waals surface area contributed by atoms with E-state index in [9.17, 15) is 14.9 Å². The lowest BCUT2D eigenvalue weighted by Crippen LogP contribution is -2.33. The Morgan fingerprint density at radius 2 is 1.87 bits per heavy atom. The fourth-order valence-corrected chi connectivity index (χ4v) is 4.81. The Morgan fingerprint density at radius 1 is 1.10 bits per heavy atom. The molecule has 1 aliphatic heterocycles. The van der Waals surface area contributed by atoms with E-state index in [1.54, 1.807) is 18.3 Å². The van der Waals surface area contributed by atoms with E-state index in [1.165, 1.54) is 12.1 Å². The summed E-state index contributed by atoms with van der Waals surface area (Å²) in [6, 6.07) is 14.5. The molecule has 1 N–H and O–H groups in total. The van der Waals surface area contributed by atoms with Crippen LogP contribution in [0, 0.1) is 15.5 Å². The second-order valence-electron chi connectivity index (χ2n) is 8.84. The summed E-state index contributed by atoms with van der Waals surface area (Å²) in [5.41, 5.74) is 5.35. The standard InChI is InChI=1S/C24H21N3O3/c1-24(2)12-19-23(20(28)13-24)21(14-5-7-15(8-6-14)27(29)30)22-16-4-3-11-25-17(16)9-10-18(22)26-19/h3-11,21,26H,12-13H2,1-2H3. The molecular formula is C24H21N3O3. The lowest BCUT2D eigenvalue weighted by atomic mass is 9.68. The van der Waals surface area contributed by atoms with Crippen LogP contribution in [0.15, 0.2) is 66.0 Å². The zero-order valence-electron chi connectivity index (χ0n) is 16.8. The first kappa shape index (κ1) is 18.5. The first-order valence-electron chi connectivity index (χ1n) is 9.99. The van der Waals surface area contributed by atoms with Crippen LogP contribution in [-0.2, 0) is 4.79 Å². The van der Waals surface area contributed by atoms with E-state index >= 15 is 0 Å². The molecule has 2 aromatic carbocycles. The molecule has 2 heterocycles. The molecule has 2 aliphatic rings. The second-order valence-corrected chi connectivity index (χ2v) is 8.84. The van der Waals surface area contributed by atoms with Gasteiger partial charge >= 0.3 is 0 Å². The van der Waals surface area contributed by atoms with E-state index in [1.807, 2.05) is 24.3 Å². The van der Waals surface area contributed by atoms with Crippen molar-refractivity contribution in [1.82, 2.24) is 4.98 Å². The van der Waals surface area contributed by atoms with Gasteiger partial charge in [-0.3, -0.25) is 19.9 Å². The summed E-state index contributed by atoms with van der Waals surface area (Å²) < 4.78 is 0. The number of nitrogens with zero attached hydrogens (tertiary/aromatic N) is 2. The molecule has 3 aromatic rings. The Hall–Kier alpha value is -3.54. The van der Waals surface area contributed by atoms with Crippen molar-refractivity contribution in [3.8, 4) is 0 Å². The van der Waals surface area contributed by atoms with Crippen molar-refractivity contribution in [2.24, 2.45) is 5.41 Å². The number of nitro groups is 1. The molecule has 6 heteroatoms. The van der Waals surface area contributed by atoms with Gasteiger partial charge in [0, 0.05) is 53.0 Å². The minimum absolute atomic E-state index is 0.0396. The van der Waals surface area contributed by atoms with Crippen molar-refractivity contribution in [3.63, 3.8) is 0 Å². The topological polar surface area (TPSA) is 85.1 Å². The first-order valence-corrected chi connectivity index (χ1v) is 9.99. The monoisotopic (exact) mass is 399 g/mol. The van der Waals surface area contributed by atoms with Crippen LogP contribution < -0.4 is 5.32 Å². The number of nitrogens with one attached hydrogen (secondary N) is 1. The fraction of sp³-hybridized carbons (Fsp3) is 0.250. The molecule has 0 radical (unpaired) electrons. The third-order valence-electron chi connectivity index (χ3n) is 6.05. The van der Waals surface area contributed by atoms with E-state index in [0.29, 0.717) is 6.42 Å². The summed E-state index contributed by atoms with van der Waals surface area (Å²) in [5, 5.41) is 15.6. The third-order valence-corrected chi connectivity index (χ3v) is 6.05. The number of rotatable bonds is 2. The van der Waals surface area contributed by atoms with Gasteiger partial charge in [-0.2, -0.15) is 0 Å². The van der Waals surface area contributed by atoms with E-state index in [-0.39, 0.29) is 22.8 Å². The number of anilines is 1. The number of Topliss-reactive ketones (excluding diaryl/α,β-unsaturated/α-hetero) is 1. The molecule has 1 aliphatic carbocycles. The maximum Gasteiger partial charge on any atom is 0.269 e. The Labute approximate surface area is 173 Å². The molecule has 1 atom stereocenters. The van der Waals surface area contributed by atoms with Gasteiger partial charge in [-0.05, 0) is 41.2 Å². The van der Waals surface area contributed by atoms with Crippen LogP contribution in [0.25, 0.3) is 10.9 Å². The number of hydrogen-bond acceptors (Lipinski definition) is 5. The summed E-state index contributed by atoms with van der Waals surface area (Å²) in [6.45, 7) is 4.22. The minimum atomic E-state index is -0.404. The molecule has 0 saturated carbocycles. The van der Waals surface area contributed by atoms with Gasteiger partial charge in [-0.15, -0.1) is 0 Å². The zero-order valence-corrected chi connectivity index (χ0v) is 16.8. The van der Waals surface area contributed by atoms with E-state index < -0.39 is 4.92 Å². The summed E-state index contributed by atoms with van der Waals surface area (Å²) in [4.78, 5) is 28.5. The predicted molar refractivity (Wildman–Crippen MR) is 115 cm³/mol. The van der Waals surface area contributed by atoms with Gasteiger partial charge in [0.2, 0.25) is 0 Å². The highest BCUT2D eigenvalue weighted by Gasteiger charge is 2.41. The number of fused-ring (bicyclic) bond motifs is 3. The number of ketones is 1. The number of benzene rings is 2. The second kappa shape index (κ2) is 6.49.